The molecule has 3 rings (SSSR count). The first-order valence-electron chi connectivity index (χ1n) is 7.87. The van der Waals surface area contributed by atoms with Gasteiger partial charge in [0.15, 0.2) is 0 Å². The maximum absolute atomic E-state index is 12.4. The van der Waals surface area contributed by atoms with Crippen molar-refractivity contribution in [2.45, 2.75) is 6.54 Å². The summed E-state index contributed by atoms with van der Waals surface area (Å²) in [4.78, 5) is 16.7. The lowest BCUT2D eigenvalue weighted by atomic mass is 10.1. The Morgan fingerprint density at radius 2 is 1.96 bits per heavy atom. The molecule has 1 heterocycles. The smallest absolute Gasteiger partial charge is 0.254 e. The van der Waals surface area contributed by atoms with Crippen molar-refractivity contribution in [3.05, 3.63) is 65.7 Å². The van der Waals surface area contributed by atoms with E-state index in [9.17, 15) is 4.79 Å². The second-order valence-corrected chi connectivity index (χ2v) is 5.70. The van der Waals surface area contributed by atoms with Gasteiger partial charge in [-0.3, -0.25) is 9.69 Å². The number of hydrogen-bond donors (Lipinski definition) is 0. The van der Waals surface area contributed by atoms with Crippen LogP contribution >= 0.6 is 0 Å². The van der Waals surface area contributed by atoms with Crippen molar-refractivity contribution < 1.29 is 9.53 Å². The number of ether oxygens (including phenoxy) is 1. The highest BCUT2D eigenvalue weighted by molar-refractivity contribution is 5.93. The van der Waals surface area contributed by atoms with E-state index in [0.717, 1.165) is 38.5 Å². The highest BCUT2D eigenvalue weighted by Gasteiger charge is 2.22. The molecule has 1 saturated heterocycles. The number of hydrogen-bond acceptors (Lipinski definition) is 3. The maximum Gasteiger partial charge on any atom is 0.254 e. The van der Waals surface area contributed by atoms with Crippen molar-refractivity contribution in [3.63, 3.8) is 0 Å². The van der Waals surface area contributed by atoms with E-state index in [1.165, 1.54) is 5.56 Å². The van der Waals surface area contributed by atoms with Crippen LogP contribution in [0.2, 0.25) is 0 Å². The Labute approximate surface area is 137 Å². The summed E-state index contributed by atoms with van der Waals surface area (Å²) in [6.45, 7) is 4.17. The van der Waals surface area contributed by atoms with Crippen LogP contribution in [0.1, 0.15) is 15.9 Å². The normalized spacial score (nSPS) is 15.4. The first-order valence-corrected chi connectivity index (χ1v) is 7.87. The van der Waals surface area contributed by atoms with Crippen molar-refractivity contribution in [1.29, 1.82) is 0 Å². The number of carbonyl (C=O) groups is 1. The van der Waals surface area contributed by atoms with Gasteiger partial charge in [-0.15, -0.1) is 0 Å². The first kappa shape index (κ1) is 15.6. The molecule has 0 N–H and O–H groups in total. The molecule has 0 spiro atoms. The summed E-state index contributed by atoms with van der Waals surface area (Å²) >= 11 is 0. The molecule has 0 saturated carbocycles. The Kier molecular flexibility index (Phi) is 4.93. The van der Waals surface area contributed by atoms with Crippen LogP contribution < -0.4 is 4.74 Å². The third-order valence-corrected chi connectivity index (χ3v) is 4.14. The number of methoxy groups -OCH3 is 1. The van der Waals surface area contributed by atoms with Crippen molar-refractivity contribution in [1.82, 2.24) is 9.80 Å². The Balaban J connectivity index is 1.55. The molecular weight excluding hydrogens is 288 g/mol. The number of carbonyl (C=O) groups excluding carboxylic acids is 1. The summed E-state index contributed by atoms with van der Waals surface area (Å²) < 4.78 is 5.27. The van der Waals surface area contributed by atoms with Gasteiger partial charge in [-0.05, 0) is 29.8 Å². The molecule has 4 nitrogen and oxygen atoms in total. The number of piperazine rings is 1. The fraction of sp³-hybridized carbons (Fsp3) is 0.316. The molecule has 4 heteroatoms. The van der Waals surface area contributed by atoms with Gasteiger partial charge in [0, 0.05) is 38.3 Å². The molecule has 0 aliphatic carbocycles. The van der Waals surface area contributed by atoms with Crippen LogP contribution in [-0.2, 0) is 6.54 Å². The standard InChI is InChI=1S/C19H21N2O2/c1-23-18-9-5-6-16(14-18)15-20-10-12-21(13-11-20)19(22)17-7-3-2-4-8-17/h2-7,9,14H,10-13,15H2,1H3. The van der Waals surface area contributed by atoms with Crippen molar-refractivity contribution in [2.75, 3.05) is 33.3 Å². The molecular formula is C19H21N2O2. The molecule has 119 valence electrons. The van der Waals surface area contributed by atoms with Gasteiger partial charge >= 0.3 is 0 Å². The second-order valence-electron chi connectivity index (χ2n) is 5.70. The van der Waals surface area contributed by atoms with Crippen LogP contribution in [0.25, 0.3) is 0 Å². The Hall–Kier alpha value is -2.33. The molecule has 23 heavy (non-hydrogen) atoms. The van der Waals surface area contributed by atoms with Crippen LogP contribution in [0.4, 0.5) is 0 Å². The molecule has 2 aromatic carbocycles. The second kappa shape index (κ2) is 7.29. The average molecular weight is 309 g/mol. The summed E-state index contributed by atoms with van der Waals surface area (Å²) in [5.41, 5.74) is 1.88. The minimum atomic E-state index is 0.0756. The largest absolute Gasteiger partial charge is 0.497 e. The predicted octanol–water partition coefficient (Wildman–Crippen LogP) is 2.45. The van der Waals surface area contributed by atoms with E-state index in [1.807, 2.05) is 35.2 Å². The van der Waals surface area contributed by atoms with E-state index in [2.05, 4.69) is 23.1 Å². The summed E-state index contributed by atoms with van der Waals surface area (Å²) in [5.74, 6) is 0.961. The van der Waals surface area contributed by atoms with Crippen molar-refractivity contribution in [2.24, 2.45) is 0 Å². The van der Waals surface area contributed by atoms with E-state index >= 15 is 0 Å². The van der Waals surface area contributed by atoms with Gasteiger partial charge in [-0.25, -0.2) is 0 Å². The number of rotatable bonds is 4. The molecule has 0 bridgehead atoms. The minimum Gasteiger partial charge on any atom is -0.497 e. The fourth-order valence-electron chi connectivity index (χ4n) is 2.83. The van der Waals surface area contributed by atoms with Gasteiger partial charge in [-0.1, -0.05) is 30.3 Å². The third kappa shape index (κ3) is 3.90. The molecule has 1 aliphatic rings. The number of nitrogens with zero attached hydrogens (tertiary/aromatic N) is 2. The zero-order valence-electron chi connectivity index (χ0n) is 13.4. The molecule has 1 amide bonds. The fourth-order valence-corrected chi connectivity index (χ4v) is 2.83. The number of benzene rings is 2. The third-order valence-electron chi connectivity index (χ3n) is 4.14. The Morgan fingerprint density at radius 1 is 1.13 bits per heavy atom. The van der Waals surface area contributed by atoms with Gasteiger partial charge in [-0.2, -0.15) is 0 Å². The Bertz CT molecular complexity index is 649. The molecule has 0 aromatic heterocycles. The van der Waals surface area contributed by atoms with Gasteiger partial charge in [0.25, 0.3) is 5.91 Å². The number of amides is 1. The van der Waals surface area contributed by atoms with Crippen molar-refractivity contribution >= 4 is 5.91 Å². The lowest BCUT2D eigenvalue weighted by Gasteiger charge is -2.34. The van der Waals surface area contributed by atoms with E-state index in [1.54, 1.807) is 13.2 Å². The lowest BCUT2D eigenvalue weighted by Crippen LogP contribution is -2.48. The lowest BCUT2D eigenvalue weighted by molar-refractivity contribution is 0.0628. The van der Waals surface area contributed by atoms with E-state index in [4.69, 9.17) is 4.74 Å². The molecule has 0 unspecified atom stereocenters. The Morgan fingerprint density at radius 3 is 2.65 bits per heavy atom. The summed E-state index contributed by atoms with van der Waals surface area (Å²) in [6, 6.07) is 18.5. The van der Waals surface area contributed by atoms with Gasteiger partial charge in [0.05, 0.1) is 7.11 Å². The van der Waals surface area contributed by atoms with Crippen LogP contribution in [0.3, 0.4) is 0 Å². The highest BCUT2D eigenvalue weighted by Crippen LogP contribution is 2.16. The molecule has 1 fully saturated rings. The first-order chi connectivity index (χ1) is 11.3. The van der Waals surface area contributed by atoms with Crippen molar-refractivity contribution in [3.8, 4) is 5.75 Å². The monoisotopic (exact) mass is 309 g/mol. The highest BCUT2D eigenvalue weighted by atomic mass is 16.5. The summed E-state index contributed by atoms with van der Waals surface area (Å²) in [7, 11) is 1.68. The zero-order chi connectivity index (χ0) is 16.1. The molecule has 0 atom stereocenters. The zero-order valence-corrected chi connectivity index (χ0v) is 13.4. The minimum absolute atomic E-state index is 0.0756. The van der Waals surface area contributed by atoms with Gasteiger partial charge in [0.1, 0.15) is 5.75 Å². The van der Waals surface area contributed by atoms with Gasteiger partial charge < -0.3 is 9.64 Å². The van der Waals surface area contributed by atoms with Gasteiger partial charge in [0.2, 0.25) is 0 Å². The van der Waals surface area contributed by atoms with Crippen LogP contribution in [0.15, 0.2) is 48.5 Å². The topological polar surface area (TPSA) is 32.8 Å². The maximum atomic E-state index is 12.4. The average Bonchev–Trinajstić information content (AvgIpc) is 2.63. The molecule has 2 aromatic rings. The van der Waals surface area contributed by atoms with E-state index in [0.29, 0.717) is 5.56 Å². The molecule has 1 aliphatic heterocycles. The van der Waals surface area contributed by atoms with Crippen LogP contribution in [0.5, 0.6) is 5.75 Å². The quantitative estimate of drug-likeness (QED) is 0.870. The van der Waals surface area contributed by atoms with Crippen LogP contribution in [-0.4, -0.2) is 49.0 Å². The summed E-state index contributed by atoms with van der Waals surface area (Å²) in [5, 5.41) is 0. The molecule has 1 radical (unpaired) electrons. The summed E-state index contributed by atoms with van der Waals surface area (Å²) in [6.07, 6.45) is 0. The van der Waals surface area contributed by atoms with E-state index in [-0.39, 0.29) is 5.91 Å². The van der Waals surface area contributed by atoms with Crippen LogP contribution in [0, 0.1) is 6.07 Å². The SMILES string of the molecule is COc1cccc(CN2CCN(C(=O)c3[c]cccc3)CC2)c1. The van der Waals surface area contributed by atoms with E-state index < -0.39 is 0 Å². The predicted molar refractivity (Wildman–Crippen MR) is 89.5 cm³/mol.